The largest absolute Gasteiger partial charge is 0.316 e. The van der Waals surface area contributed by atoms with Crippen LogP contribution in [0.5, 0.6) is 0 Å². The number of anilines is 2. The first-order valence-electron chi connectivity index (χ1n) is 11.9. The van der Waals surface area contributed by atoms with Gasteiger partial charge in [0.15, 0.2) is 15.5 Å². The second-order valence-corrected chi connectivity index (χ2v) is 10.1. The molecule has 180 valence electrons. The maximum atomic E-state index is 15.2. The topological polar surface area (TPSA) is 80.6 Å². The Balaban J connectivity index is 1.38. The van der Waals surface area contributed by atoms with Crippen LogP contribution in [0.25, 0.3) is 22.3 Å². The van der Waals surface area contributed by atoms with E-state index >= 15 is 4.39 Å². The minimum absolute atomic E-state index is 0.0388. The molecule has 4 aromatic rings. The Morgan fingerprint density at radius 3 is 2.74 bits per heavy atom. The SMILES string of the molecule is Fc1cnc(Nc2ccc3c(n2)CCNC3)nc1-c1cc(F)c2nc(I)n(C3CCCCC3)c2c1. The predicted octanol–water partition coefficient (Wildman–Crippen LogP) is 5.67. The summed E-state index contributed by atoms with van der Waals surface area (Å²) in [6.07, 6.45) is 7.53. The lowest BCUT2D eigenvalue weighted by atomic mass is 9.95. The molecule has 1 aliphatic carbocycles. The fourth-order valence-corrected chi connectivity index (χ4v) is 5.99. The van der Waals surface area contributed by atoms with Crippen molar-refractivity contribution in [1.29, 1.82) is 0 Å². The van der Waals surface area contributed by atoms with Crippen molar-refractivity contribution in [3.05, 3.63) is 57.2 Å². The summed E-state index contributed by atoms with van der Waals surface area (Å²) in [5, 5.41) is 6.40. The van der Waals surface area contributed by atoms with E-state index in [4.69, 9.17) is 0 Å². The first-order valence-corrected chi connectivity index (χ1v) is 13.0. The van der Waals surface area contributed by atoms with Crippen molar-refractivity contribution in [3.8, 4) is 11.3 Å². The molecule has 6 rings (SSSR count). The van der Waals surface area contributed by atoms with E-state index in [1.54, 1.807) is 6.07 Å². The van der Waals surface area contributed by atoms with Crippen LogP contribution >= 0.6 is 22.6 Å². The second-order valence-electron chi connectivity index (χ2n) is 9.11. The quantitative estimate of drug-likeness (QED) is 0.300. The minimum Gasteiger partial charge on any atom is -0.316 e. The molecular weight excluding hydrogens is 563 g/mol. The summed E-state index contributed by atoms with van der Waals surface area (Å²) >= 11 is 2.16. The van der Waals surface area contributed by atoms with Crippen molar-refractivity contribution >= 4 is 45.4 Å². The Hall–Kier alpha value is -2.73. The normalized spacial score (nSPS) is 16.4. The number of imidazole rings is 1. The molecule has 4 heterocycles. The van der Waals surface area contributed by atoms with Crippen LogP contribution in [0.3, 0.4) is 0 Å². The molecule has 10 heteroatoms. The van der Waals surface area contributed by atoms with Gasteiger partial charge in [0, 0.05) is 36.8 Å². The van der Waals surface area contributed by atoms with Gasteiger partial charge in [-0.1, -0.05) is 25.3 Å². The number of aromatic nitrogens is 5. The van der Waals surface area contributed by atoms with Gasteiger partial charge < -0.3 is 15.2 Å². The van der Waals surface area contributed by atoms with Gasteiger partial charge >= 0.3 is 0 Å². The van der Waals surface area contributed by atoms with Gasteiger partial charge in [0.1, 0.15) is 17.0 Å². The van der Waals surface area contributed by atoms with Crippen molar-refractivity contribution in [2.45, 2.75) is 51.1 Å². The van der Waals surface area contributed by atoms with Crippen LogP contribution in [-0.4, -0.2) is 31.0 Å². The van der Waals surface area contributed by atoms with E-state index in [2.05, 4.69) is 57.7 Å². The molecule has 0 atom stereocenters. The number of halogens is 3. The smallest absolute Gasteiger partial charge is 0.229 e. The van der Waals surface area contributed by atoms with E-state index in [0.29, 0.717) is 22.4 Å². The molecule has 1 aromatic carbocycles. The molecule has 7 nitrogen and oxygen atoms in total. The van der Waals surface area contributed by atoms with E-state index in [0.717, 1.165) is 66.5 Å². The lowest BCUT2D eigenvalue weighted by Gasteiger charge is -2.24. The highest BCUT2D eigenvalue weighted by Crippen LogP contribution is 2.36. The van der Waals surface area contributed by atoms with Crippen molar-refractivity contribution in [2.24, 2.45) is 0 Å². The number of fused-ring (bicyclic) bond motifs is 2. The molecule has 1 aliphatic heterocycles. The van der Waals surface area contributed by atoms with Gasteiger partial charge in [0.05, 0.1) is 11.7 Å². The number of nitrogens with one attached hydrogen (secondary N) is 2. The number of nitrogens with zero attached hydrogens (tertiary/aromatic N) is 5. The van der Waals surface area contributed by atoms with Gasteiger partial charge in [-0.3, -0.25) is 0 Å². The molecule has 0 bridgehead atoms. The zero-order valence-electron chi connectivity index (χ0n) is 19.0. The standard InChI is InChI=1S/C25H24F2IN7/c26-17-10-15(11-20-23(17)33-24(28)35(20)16-4-2-1-3-5-16)22-18(27)13-30-25(34-22)32-21-7-6-14-12-29-9-8-19(14)31-21/h6-7,10-11,13,16,29H,1-5,8-9,12H2,(H,30,31,32,34). The third kappa shape index (κ3) is 4.37. The number of benzene rings is 1. The van der Waals surface area contributed by atoms with Crippen LogP contribution < -0.4 is 10.6 Å². The number of hydrogen-bond acceptors (Lipinski definition) is 6. The van der Waals surface area contributed by atoms with Gasteiger partial charge in [0.2, 0.25) is 5.95 Å². The summed E-state index contributed by atoms with van der Waals surface area (Å²) < 4.78 is 32.9. The van der Waals surface area contributed by atoms with Gasteiger partial charge in [-0.25, -0.2) is 28.7 Å². The summed E-state index contributed by atoms with van der Waals surface area (Å²) in [5.41, 5.74) is 3.57. The average molecular weight is 587 g/mol. The van der Waals surface area contributed by atoms with Crippen LogP contribution in [0, 0.1) is 15.5 Å². The van der Waals surface area contributed by atoms with Crippen molar-refractivity contribution in [3.63, 3.8) is 0 Å². The maximum Gasteiger partial charge on any atom is 0.229 e. The number of hydrogen-bond donors (Lipinski definition) is 2. The molecule has 1 saturated carbocycles. The van der Waals surface area contributed by atoms with E-state index in [1.165, 1.54) is 12.5 Å². The first-order chi connectivity index (χ1) is 17.1. The van der Waals surface area contributed by atoms with E-state index in [-0.39, 0.29) is 17.7 Å². The third-order valence-corrected chi connectivity index (χ3v) is 7.59. The van der Waals surface area contributed by atoms with E-state index < -0.39 is 11.6 Å². The molecule has 0 spiro atoms. The summed E-state index contributed by atoms with van der Waals surface area (Å²) in [5.74, 6) is -0.298. The molecule has 2 N–H and O–H groups in total. The molecule has 0 saturated heterocycles. The van der Waals surface area contributed by atoms with Gasteiger partial charge in [-0.2, -0.15) is 0 Å². The molecule has 35 heavy (non-hydrogen) atoms. The highest BCUT2D eigenvalue weighted by Gasteiger charge is 2.23. The van der Waals surface area contributed by atoms with Crippen LogP contribution in [0.2, 0.25) is 0 Å². The lowest BCUT2D eigenvalue weighted by molar-refractivity contribution is 0.355. The molecule has 3 aromatic heterocycles. The molecule has 2 aliphatic rings. The monoisotopic (exact) mass is 587 g/mol. The average Bonchev–Trinajstić information content (AvgIpc) is 3.22. The maximum absolute atomic E-state index is 15.2. The summed E-state index contributed by atoms with van der Waals surface area (Å²) in [6.45, 7) is 1.68. The van der Waals surface area contributed by atoms with Crippen molar-refractivity contribution in [1.82, 2.24) is 29.8 Å². The molecule has 0 unspecified atom stereocenters. The van der Waals surface area contributed by atoms with Crippen LogP contribution in [0.15, 0.2) is 30.5 Å². The van der Waals surface area contributed by atoms with Gasteiger partial charge in [-0.15, -0.1) is 0 Å². The zero-order valence-corrected chi connectivity index (χ0v) is 21.1. The molecular formula is C25H24F2IN7. The fraction of sp³-hybridized carbons (Fsp3) is 0.360. The predicted molar refractivity (Wildman–Crippen MR) is 138 cm³/mol. The Morgan fingerprint density at radius 2 is 1.89 bits per heavy atom. The Kier molecular flexibility index (Phi) is 6.09. The Labute approximate surface area is 214 Å². The van der Waals surface area contributed by atoms with Crippen molar-refractivity contribution in [2.75, 3.05) is 11.9 Å². The Morgan fingerprint density at radius 1 is 1.03 bits per heavy atom. The Bertz CT molecular complexity index is 1410. The first kappa shape index (κ1) is 22.7. The molecule has 0 radical (unpaired) electrons. The minimum atomic E-state index is -0.614. The van der Waals surface area contributed by atoms with Gasteiger partial charge in [0.25, 0.3) is 0 Å². The third-order valence-electron chi connectivity index (χ3n) is 6.83. The summed E-state index contributed by atoms with van der Waals surface area (Å²) in [4.78, 5) is 17.6. The fourth-order valence-electron chi connectivity index (χ4n) is 5.10. The highest BCUT2D eigenvalue weighted by atomic mass is 127. The summed E-state index contributed by atoms with van der Waals surface area (Å²) in [7, 11) is 0. The van der Waals surface area contributed by atoms with Crippen LogP contribution in [0.4, 0.5) is 20.5 Å². The number of pyridine rings is 1. The van der Waals surface area contributed by atoms with Crippen LogP contribution in [0.1, 0.15) is 49.4 Å². The summed E-state index contributed by atoms with van der Waals surface area (Å²) in [6, 6.07) is 7.23. The second kappa shape index (κ2) is 9.38. The van der Waals surface area contributed by atoms with Crippen LogP contribution in [-0.2, 0) is 13.0 Å². The van der Waals surface area contributed by atoms with Gasteiger partial charge in [-0.05, 0) is 59.2 Å². The molecule has 0 amide bonds. The van der Waals surface area contributed by atoms with E-state index in [9.17, 15) is 4.39 Å². The zero-order chi connectivity index (χ0) is 23.9. The van der Waals surface area contributed by atoms with Crippen molar-refractivity contribution < 1.29 is 8.78 Å². The number of rotatable bonds is 4. The lowest BCUT2D eigenvalue weighted by Crippen LogP contribution is -2.24. The van der Waals surface area contributed by atoms with E-state index in [1.807, 2.05) is 12.1 Å². The highest BCUT2D eigenvalue weighted by molar-refractivity contribution is 14.1. The molecule has 1 fully saturated rings.